The first kappa shape index (κ1) is 21.8. The van der Waals surface area contributed by atoms with E-state index in [0.29, 0.717) is 33.1 Å². The van der Waals surface area contributed by atoms with Gasteiger partial charge in [-0.1, -0.05) is 23.7 Å². The van der Waals surface area contributed by atoms with Gasteiger partial charge in [-0.3, -0.25) is 9.59 Å². The Kier molecular flexibility index (Phi) is 7.10. The first-order valence-electron chi connectivity index (χ1n) is 9.29. The second-order valence-electron chi connectivity index (χ2n) is 6.73. The summed E-state index contributed by atoms with van der Waals surface area (Å²) in [5, 5.41) is 13.1. The maximum atomic E-state index is 13.0. The van der Waals surface area contributed by atoms with Crippen LogP contribution < -0.4 is 15.5 Å². The zero-order valence-electron chi connectivity index (χ0n) is 16.6. The number of hydrogen-bond donors (Lipinski definition) is 2. The van der Waals surface area contributed by atoms with Crippen LogP contribution in [0.5, 0.6) is 5.75 Å². The monoisotopic (exact) mass is 431 g/mol. The quantitative estimate of drug-likeness (QED) is 0.569. The van der Waals surface area contributed by atoms with Crippen LogP contribution in [0.2, 0.25) is 5.02 Å². The number of carbonyl (C=O) groups is 1. The molecule has 0 aliphatic rings. The summed E-state index contributed by atoms with van der Waals surface area (Å²) in [6, 6.07) is 11.8. The second kappa shape index (κ2) is 9.75. The van der Waals surface area contributed by atoms with Crippen molar-refractivity contribution in [2.45, 2.75) is 13.0 Å². The average Bonchev–Trinajstić information content (AvgIpc) is 2.72. The van der Waals surface area contributed by atoms with E-state index < -0.39 is 6.10 Å². The molecule has 0 unspecified atom stereocenters. The number of aliphatic hydroxyl groups is 1. The van der Waals surface area contributed by atoms with E-state index in [9.17, 15) is 14.7 Å². The molecule has 0 spiro atoms. The molecule has 0 aliphatic carbocycles. The van der Waals surface area contributed by atoms with E-state index in [1.54, 1.807) is 49.4 Å². The summed E-state index contributed by atoms with van der Waals surface area (Å²) in [6.45, 7) is 1.67. The molecule has 0 aliphatic heterocycles. The van der Waals surface area contributed by atoms with Gasteiger partial charge in [-0.15, -0.1) is 0 Å². The fraction of sp³-hybridized carbons (Fsp3) is 0.273. The van der Waals surface area contributed by atoms with Gasteiger partial charge in [0.1, 0.15) is 17.1 Å². The van der Waals surface area contributed by atoms with E-state index in [0.717, 1.165) is 5.56 Å². The number of nitrogens with one attached hydrogen (secondary N) is 1. The molecule has 3 rings (SSSR count). The minimum Gasteiger partial charge on any atom is -0.484 e. The van der Waals surface area contributed by atoms with Gasteiger partial charge in [-0.2, -0.15) is 0 Å². The van der Waals surface area contributed by atoms with Crippen LogP contribution in [0.4, 0.5) is 0 Å². The fourth-order valence-electron chi connectivity index (χ4n) is 3.01. The molecule has 2 N–H and O–H groups in total. The first-order valence-corrected chi connectivity index (χ1v) is 9.66. The van der Waals surface area contributed by atoms with Crippen molar-refractivity contribution in [1.82, 2.24) is 5.32 Å². The molecule has 0 radical (unpaired) electrons. The van der Waals surface area contributed by atoms with Crippen molar-refractivity contribution < 1.29 is 23.8 Å². The number of benzene rings is 2. The number of halogens is 1. The van der Waals surface area contributed by atoms with Gasteiger partial charge in [0.25, 0.3) is 5.91 Å². The third kappa shape index (κ3) is 5.18. The van der Waals surface area contributed by atoms with Gasteiger partial charge in [0.15, 0.2) is 6.61 Å². The van der Waals surface area contributed by atoms with Crippen LogP contribution in [-0.4, -0.2) is 44.0 Å². The molecule has 1 atom stereocenters. The van der Waals surface area contributed by atoms with Gasteiger partial charge in [0.05, 0.1) is 23.7 Å². The smallest absolute Gasteiger partial charge is 0.258 e. The molecule has 1 aromatic heterocycles. The number of methoxy groups -OCH3 is 1. The molecular formula is C22H22ClNO6. The minimum absolute atomic E-state index is 0.0648. The lowest BCUT2D eigenvalue weighted by Gasteiger charge is -2.12. The number of carbonyl (C=O) groups excluding carboxylic acids is 1. The van der Waals surface area contributed by atoms with E-state index >= 15 is 0 Å². The number of amides is 1. The fourth-order valence-corrected chi connectivity index (χ4v) is 3.13. The van der Waals surface area contributed by atoms with Gasteiger partial charge in [0, 0.05) is 24.7 Å². The molecule has 1 amide bonds. The standard InChI is InChI=1S/C22H22ClNO6/c1-13-21(14-3-5-15(23)6-4-14)22(27)18-8-7-17(9-19(18)30-13)29-12-20(26)24-10-16(25)11-28-2/h3-9,16,25H,10-12H2,1-2H3,(H,24,26)/t16-/m0/s1. The Morgan fingerprint density at radius 3 is 2.67 bits per heavy atom. The molecule has 2 aromatic carbocycles. The Labute approximate surface area is 178 Å². The average molecular weight is 432 g/mol. The van der Waals surface area contributed by atoms with E-state index in [1.807, 2.05) is 0 Å². The number of aliphatic hydroxyl groups excluding tert-OH is 1. The summed E-state index contributed by atoms with van der Waals surface area (Å²) < 4.78 is 16.1. The molecule has 0 saturated carbocycles. The highest BCUT2D eigenvalue weighted by Crippen LogP contribution is 2.27. The molecule has 0 fully saturated rings. The van der Waals surface area contributed by atoms with Crippen molar-refractivity contribution in [2.24, 2.45) is 0 Å². The summed E-state index contributed by atoms with van der Waals surface area (Å²) >= 11 is 5.93. The number of rotatable bonds is 8. The van der Waals surface area contributed by atoms with Crippen LogP contribution >= 0.6 is 11.6 Å². The molecule has 8 heteroatoms. The third-order valence-electron chi connectivity index (χ3n) is 4.44. The highest BCUT2D eigenvalue weighted by Gasteiger charge is 2.15. The zero-order chi connectivity index (χ0) is 21.7. The minimum atomic E-state index is -0.785. The van der Waals surface area contributed by atoms with Gasteiger partial charge in [0.2, 0.25) is 5.43 Å². The molecule has 0 bridgehead atoms. The maximum Gasteiger partial charge on any atom is 0.258 e. The lowest BCUT2D eigenvalue weighted by molar-refractivity contribution is -0.123. The second-order valence-corrected chi connectivity index (χ2v) is 7.17. The summed E-state index contributed by atoms with van der Waals surface area (Å²) in [7, 11) is 1.46. The molecule has 7 nitrogen and oxygen atoms in total. The highest BCUT2D eigenvalue weighted by molar-refractivity contribution is 6.30. The van der Waals surface area contributed by atoms with Crippen LogP contribution in [0.15, 0.2) is 51.7 Å². The van der Waals surface area contributed by atoms with Gasteiger partial charge in [-0.05, 0) is 36.8 Å². The lowest BCUT2D eigenvalue weighted by atomic mass is 10.0. The largest absolute Gasteiger partial charge is 0.484 e. The Morgan fingerprint density at radius 2 is 1.97 bits per heavy atom. The molecular weight excluding hydrogens is 410 g/mol. The van der Waals surface area contributed by atoms with Gasteiger partial charge in [-0.25, -0.2) is 0 Å². The SMILES string of the molecule is COC[C@@H](O)CNC(=O)COc1ccc2c(=O)c(-c3ccc(Cl)cc3)c(C)oc2c1. The third-order valence-corrected chi connectivity index (χ3v) is 4.69. The summed E-state index contributed by atoms with van der Waals surface area (Å²) in [6.07, 6.45) is -0.785. The first-order chi connectivity index (χ1) is 14.4. The van der Waals surface area contributed by atoms with E-state index in [-0.39, 0.29) is 31.1 Å². The van der Waals surface area contributed by atoms with Crippen molar-refractivity contribution in [3.63, 3.8) is 0 Å². The Hall–Kier alpha value is -2.87. The van der Waals surface area contributed by atoms with E-state index in [4.69, 9.17) is 25.5 Å². The normalized spacial score (nSPS) is 12.0. The van der Waals surface area contributed by atoms with Crippen molar-refractivity contribution in [2.75, 3.05) is 26.9 Å². The Balaban J connectivity index is 1.75. The van der Waals surface area contributed by atoms with Crippen LogP contribution in [0.25, 0.3) is 22.1 Å². The number of hydrogen-bond acceptors (Lipinski definition) is 6. The molecule has 0 saturated heterocycles. The summed E-state index contributed by atoms with van der Waals surface area (Å²) in [5.41, 5.74) is 1.40. The molecule has 30 heavy (non-hydrogen) atoms. The predicted molar refractivity (Wildman–Crippen MR) is 114 cm³/mol. The van der Waals surface area contributed by atoms with Gasteiger partial charge >= 0.3 is 0 Å². The van der Waals surface area contributed by atoms with Crippen LogP contribution in [0.3, 0.4) is 0 Å². The van der Waals surface area contributed by atoms with Crippen LogP contribution in [0.1, 0.15) is 5.76 Å². The Morgan fingerprint density at radius 1 is 1.23 bits per heavy atom. The van der Waals surface area contributed by atoms with Crippen molar-refractivity contribution >= 4 is 28.5 Å². The number of ether oxygens (including phenoxy) is 2. The summed E-state index contributed by atoms with van der Waals surface area (Å²) in [5.74, 6) is 0.467. The number of aryl methyl sites for hydroxylation is 1. The topological polar surface area (TPSA) is 98.0 Å². The zero-order valence-corrected chi connectivity index (χ0v) is 17.4. The van der Waals surface area contributed by atoms with Gasteiger partial charge < -0.3 is 24.3 Å². The predicted octanol–water partition coefficient (Wildman–Crippen LogP) is 2.92. The Bertz CT molecular complexity index is 1090. The molecule has 158 valence electrons. The van der Waals surface area contributed by atoms with Crippen LogP contribution in [-0.2, 0) is 9.53 Å². The van der Waals surface area contributed by atoms with E-state index in [2.05, 4.69) is 5.32 Å². The molecule has 1 heterocycles. The molecule has 3 aromatic rings. The maximum absolute atomic E-state index is 13.0. The van der Waals surface area contributed by atoms with Crippen molar-refractivity contribution in [1.29, 1.82) is 0 Å². The van der Waals surface area contributed by atoms with Crippen molar-refractivity contribution in [3.05, 3.63) is 63.5 Å². The highest BCUT2D eigenvalue weighted by atomic mass is 35.5. The lowest BCUT2D eigenvalue weighted by Crippen LogP contribution is -2.36. The number of fused-ring (bicyclic) bond motifs is 1. The van der Waals surface area contributed by atoms with Crippen molar-refractivity contribution in [3.8, 4) is 16.9 Å². The summed E-state index contributed by atoms with van der Waals surface area (Å²) in [4.78, 5) is 24.8. The van der Waals surface area contributed by atoms with E-state index in [1.165, 1.54) is 7.11 Å². The van der Waals surface area contributed by atoms with Crippen LogP contribution in [0, 0.1) is 6.92 Å².